The van der Waals surface area contributed by atoms with Crippen LogP contribution in [-0.4, -0.2) is 27.4 Å². The van der Waals surface area contributed by atoms with Crippen LogP contribution in [0.1, 0.15) is 32.7 Å². The van der Waals surface area contributed by atoms with Gasteiger partial charge < -0.3 is 10.6 Å². The molecule has 4 rings (SSSR count). The Balaban J connectivity index is 1.57. The van der Waals surface area contributed by atoms with Crippen LogP contribution in [-0.2, 0) is 13.0 Å². The Morgan fingerprint density at radius 2 is 1.88 bits per heavy atom. The van der Waals surface area contributed by atoms with Crippen LogP contribution in [0.15, 0.2) is 79.3 Å². The fourth-order valence-corrected chi connectivity index (χ4v) is 3.66. The van der Waals surface area contributed by atoms with Crippen molar-refractivity contribution in [1.29, 1.82) is 0 Å². The van der Waals surface area contributed by atoms with Crippen molar-refractivity contribution in [2.75, 3.05) is 11.9 Å². The summed E-state index contributed by atoms with van der Waals surface area (Å²) in [5, 5.41) is 6.33. The Morgan fingerprint density at radius 1 is 0.970 bits per heavy atom. The highest BCUT2D eigenvalue weighted by Gasteiger charge is 2.15. The molecule has 33 heavy (non-hydrogen) atoms. The molecular weight excluding hydrogens is 410 g/mol. The lowest BCUT2D eigenvalue weighted by atomic mass is 10.0. The van der Waals surface area contributed by atoms with Gasteiger partial charge in [-0.05, 0) is 55.3 Å². The number of amides is 1. The monoisotopic (exact) mass is 437 g/mol. The number of aryl methyl sites for hydroxylation is 2. The lowest BCUT2D eigenvalue weighted by molar-refractivity contribution is 0.0951. The zero-order valence-corrected chi connectivity index (χ0v) is 18.9. The number of anilines is 1. The Labute approximate surface area is 194 Å². The summed E-state index contributed by atoms with van der Waals surface area (Å²) in [7, 11) is 0. The molecule has 6 heteroatoms. The Hall–Kier alpha value is -4.06. The van der Waals surface area contributed by atoms with E-state index in [4.69, 9.17) is 4.98 Å². The smallest absolute Gasteiger partial charge is 0.255 e. The molecular formula is C27H27N5O. The number of carbonyl (C=O) groups excluding carboxylic acids is 1. The first-order chi connectivity index (χ1) is 16.1. The van der Waals surface area contributed by atoms with Gasteiger partial charge >= 0.3 is 0 Å². The van der Waals surface area contributed by atoms with E-state index in [1.54, 1.807) is 18.6 Å². The van der Waals surface area contributed by atoms with Crippen molar-refractivity contribution < 1.29 is 4.79 Å². The molecule has 4 aromatic rings. The highest BCUT2D eigenvalue weighted by atomic mass is 16.1. The van der Waals surface area contributed by atoms with Crippen LogP contribution in [0.25, 0.3) is 11.3 Å². The molecule has 0 spiro atoms. The molecule has 0 fully saturated rings. The lowest BCUT2D eigenvalue weighted by Gasteiger charge is -2.14. The first kappa shape index (κ1) is 22.1. The number of nitrogens with one attached hydrogen (secondary N) is 2. The zero-order valence-electron chi connectivity index (χ0n) is 18.9. The third-order valence-corrected chi connectivity index (χ3v) is 5.37. The Morgan fingerprint density at radius 3 is 2.64 bits per heavy atom. The van der Waals surface area contributed by atoms with Crippen molar-refractivity contribution in [2.45, 2.75) is 26.8 Å². The zero-order chi connectivity index (χ0) is 23.0. The molecule has 1 aromatic carbocycles. The number of pyridine rings is 3. The number of carbonyl (C=O) groups is 1. The summed E-state index contributed by atoms with van der Waals surface area (Å²) in [6.45, 7) is 5.17. The molecule has 3 heterocycles. The molecule has 0 unspecified atom stereocenters. The number of nitrogens with zero attached hydrogens (tertiary/aromatic N) is 3. The molecule has 2 N–H and O–H groups in total. The molecule has 0 aliphatic rings. The predicted molar refractivity (Wildman–Crippen MR) is 131 cm³/mol. The minimum Gasteiger partial charge on any atom is -0.369 e. The molecule has 0 saturated carbocycles. The maximum absolute atomic E-state index is 13.0. The lowest BCUT2D eigenvalue weighted by Crippen LogP contribution is -2.25. The third kappa shape index (κ3) is 5.80. The van der Waals surface area contributed by atoms with E-state index in [-0.39, 0.29) is 5.91 Å². The van der Waals surface area contributed by atoms with Gasteiger partial charge in [-0.1, -0.05) is 35.9 Å². The first-order valence-corrected chi connectivity index (χ1v) is 11.0. The van der Waals surface area contributed by atoms with Gasteiger partial charge in [-0.3, -0.25) is 14.8 Å². The summed E-state index contributed by atoms with van der Waals surface area (Å²) >= 11 is 0. The number of rotatable bonds is 8. The second-order valence-corrected chi connectivity index (χ2v) is 7.95. The van der Waals surface area contributed by atoms with E-state index in [1.807, 2.05) is 42.5 Å². The van der Waals surface area contributed by atoms with Crippen LogP contribution >= 0.6 is 0 Å². The Bertz CT molecular complexity index is 1230. The van der Waals surface area contributed by atoms with Crippen LogP contribution in [0.2, 0.25) is 0 Å². The van der Waals surface area contributed by atoms with E-state index < -0.39 is 0 Å². The number of hydrogen-bond donors (Lipinski definition) is 2. The van der Waals surface area contributed by atoms with E-state index in [0.29, 0.717) is 24.5 Å². The van der Waals surface area contributed by atoms with Crippen molar-refractivity contribution in [3.8, 4) is 11.3 Å². The second-order valence-electron chi connectivity index (χ2n) is 7.95. The fraction of sp³-hybridized carbons (Fsp3) is 0.185. The van der Waals surface area contributed by atoms with Gasteiger partial charge in [0.2, 0.25) is 0 Å². The first-order valence-electron chi connectivity index (χ1n) is 11.0. The predicted octanol–water partition coefficient (Wildman–Crippen LogP) is 4.74. The summed E-state index contributed by atoms with van der Waals surface area (Å²) in [5.41, 5.74) is 6.67. The number of aromatic nitrogens is 3. The summed E-state index contributed by atoms with van der Waals surface area (Å²) in [6.07, 6.45) is 5.97. The molecule has 0 bridgehead atoms. The van der Waals surface area contributed by atoms with Crippen LogP contribution in [0.5, 0.6) is 0 Å². The van der Waals surface area contributed by atoms with Crippen molar-refractivity contribution in [2.24, 2.45) is 0 Å². The van der Waals surface area contributed by atoms with Gasteiger partial charge in [-0.25, -0.2) is 4.98 Å². The highest BCUT2D eigenvalue weighted by Crippen LogP contribution is 2.26. The summed E-state index contributed by atoms with van der Waals surface area (Å²) < 4.78 is 0. The largest absolute Gasteiger partial charge is 0.369 e. The van der Waals surface area contributed by atoms with Gasteiger partial charge in [0.25, 0.3) is 5.91 Å². The van der Waals surface area contributed by atoms with Gasteiger partial charge in [-0.15, -0.1) is 0 Å². The molecule has 0 saturated heterocycles. The standard InChI is InChI=1S/C27H27N5O/c1-19-8-9-23(20(2)16-19)25-11-10-24(27(33)31-18-21-6-5-13-28-17-21)26(32-25)30-15-12-22-7-3-4-14-29-22/h3-11,13-14,16-17H,12,15,18H2,1-2H3,(H,30,32)(H,31,33). The maximum Gasteiger partial charge on any atom is 0.255 e. The summed E-state index contributed by atoms with van der Waals surface area (Å²) in [6, 6.07) is 19.7. The Kier molecular flexibility index (Phi) is 7.05. The molecule has 0 atom stereocenters. The van der Waals surface area contributed by atoms with E-state index in [2.05, 4.69) is 52.6 Å². The summed E-state index contributed by atoms with van der Waals surface area (Å²) in [4.78, 5) is 26.3. The topological polar surface area (TPSA) is 79.8 Å². The SMILES string of the molecule is Cc1ccc(-c2ccc(C(=O)NCc3cccnc3)c(NCCc3ccccn3)n2)c(C)c1. The summed E-state index contributed by atoms with van der Waals surface area (Å²) in [5.74, 6) is 0.381. The van der Waals surface area contributed by atoms with E-state index in [1.165, 1.54) is 5.56 Å². The molecule has 0 aliphatic heterocycles. The van der Waals surface area contributed by atoms with Crippen LogP contribution in [0, 0.1) is 13.8 Å². The third-order valence-electron chi connectivity index (χ3n) is 5.37. The molecule has 3 aromatic heterocycles. The van der Waals surface area contributed by atoms with Crippen molar-refractivity contribution in [1.82, 2.24) is 20.3 Å². The highest BCUT2D eigenvalue weighted by molar-refractivity contribution is 5.99. The van der Waals surface area contributed by atoms with Crippen LogP contribution < -0.4 is 10.6 Å². The minimum atomic E-state index is -0.182. The van der Waals surface area contributed by atoms with Gasteiger partial charge in [0.15, 0.2) is 0 Å². The normalized spacial score (nSPS) is 10.6. The number of hydrogen-bond acceptors (Lipinski definition) is 5. The number of benzene rings is 1. The molecule has 0 radical (unpaired) electrons. The van der Waals surface area contributed by atoms with Gasteiger partial charge in [0, 0.05) is 49.4 Å². The van der Waals surface area contributed by atoms with Gasteiger partial charge in [-0.2, -0.15) is 0 Å². The van der Waals surface area contributed by atoms with Crippen molar-refractivity contribution >= 4 is 11.7 Å². The van der Waals surface area contributed by atoms with Gasteiger partial charge in [0.1, 0.15) is 5.82 Å². The molecule has 1 amide bonds. The quantitative estimate of drug-likeness (QED) is 0.416. The van der Waals surface area contributed by atoms with E-state index >= 15 is 0 Å². The van der Waals surface area contributed by atoms with Crippen molar-refractivity contribution in [3.63, 3.8) is 0 Å². The van der Waals surface area contributed by atoms with Crippen LogP contribution in [0.3, 0.4) is 0 Å². The molecule has 166 valence electrons. The second kappa shape index (κ2) is 10.5. The fourth-order valence-electron chi connectivity index (χ4n) is 3.66. The van der Waals surface area contributed by atoms with Crippen molar-refractivity contribution in [3.05, 3.63) is 107 Å². The minimum absolute atomic E-state index is 0.182. The van der Waals surface area contributed by atoms with Crippen LogP contribution in [0.4, 0.5) is 5.82 Å². The average Bonchev–Trinajstić information content (AvgIpc) is 2.84. The van der Waals surface area contributed by atoms with E-state index in [0.717, 1.165) is 34.5 Å². The average molecular weight is 438 g/mol. The maximum atomic E-state index is 13.0. The van der Waals surface area contributed by atoms with Gasteiger partial charge in [0.05, 0.1) is 11.3 Å². The van der Waals surface area contributed by atoms with E-state index in [9.17, 15) is 4.79 Å². The molecule has 6 nitrogen and oxygen atoms in total. The molecule has 0 aliphatic carbocycles.